The topological polar surface area (TPSA) is 44.4 Å². The van der Waals surface area contributed by atoms with Gasteiger partial charge in [-0.2, -0.15) is 0 Å². The minimum Gasteiger partial charge on any atom is -0.371 e. The third-order valence-electron chi connectivity index (χ3n) is 4.56. The molecule has 1 fully saturated rings. The number of piperidine rings is 1. The van der Waals surface area contributed by atoms with E-state index in [0.717, 1.165) is 31.6 Å². The third-order valence-corrected chi connectivity index (χ3v) is 4.87. The van der Waals surface area contributed by atoms with Crippen LogP contribution in [0.15, 0.2) is 42.5 Å². The van der Waals surface area contributed by atoms with Crippen LogP contribution in [0.5, 0.6) is 0 Å². The van der Waals surface area contributed by atoms with Gasteiger partial charge in [-0.15, -0.1) is 24.8 Å². The second kappa shape index (κ2) is 10.7. The molecule has 27 heavy (non-hydrogen) atoms. The van der Waals surface area contributed by atoms with Crippen molar-refractivity contribution in [2.24, 2.45) is 0 Å². The summed E-state index contributed by atoms with van der Waals surface area (Å²) in [5.74, 6) is -1.18. The lowest BCUT2D eigenvalue weighted by Gasteiger charge is -2.33. The summed E-state index contributed by atoms with van der Waals surface area (Å²) in [5.41, 5.74) is 1.49. The molecular formula is C19H23Cl3FN3O. The molecular weight excluding hydrogens is 412 g/mol. The van der Waals surface area contributed by atoms with E-state index in [1.807, 2.05) is 18.2 Å². The van der Waals surface area contributed by atoms with Gasteiger partial charge in [-0.1, -0.05) is 23.7 Å². The summed E-state index contributed by atoms with van der Waals surface area (Å²) in [4.78, 5) is 14.6. The second-order valence-corrected chi connectivity index (χ2v) is 6.60. The summed E-state index contributed by atoms with van der Waals surface area (Å²) in [6, 6.07) is 12.2. The zero-order valence-corrected chi connectivity index (χ0v) is 17.3. The Labute approximate surface area is 176 Å². The number of amides is 1. The van der Waals surface area contributed by atoms with E-state index in [1.54, 1.807) is 6.07 Å². The van der Waals surface area contributed by atoms with Crippen LogP contribution in [0.2, 0.25) is 5.02 Å². The van der Waals surface area contributed by atoms with Crippen LogP contribution in [-0.4, -0.2) is 32.1 Å². The van der Waals surface area contributed by atoms with Gasteiger partial charge in [-0.05, 0) is 56.3 Å². The smallest absolute Gasteiger partial charge is 0.260 e. The first kappa shape index (κ1) is 23.5. The van der Waals surface area contributed by atoms with E-state index in [0.29, 0.717) is 11.7 Å². The standard InChI is InChI=1S/C19H21ClFN3O.2ClH/c1-24(14-8-10-22-11-9-14)15-5-2-4-13(12-15)23-19(25)18-16(20)6-3-7-17(18)21;;/h2-7,12,14,22H,8-11H2,1H3,(H,23,25);2*1H. The minimum atomic E-state index is -0.632. The lowest BCUT2D eigenvalue weighted by atomic mass is 10.0. The molecule has 1 heterocycles. The molecule has 2 aromatic carbocycles. The number of nitrogens with one attached hydrogen (secondary N) is 2. The molecule has 0 aromatic heterocycles. The van der Waals surface area contributed by atoms with E-state index in [-0.39, 0.29) is 35.4 Å². The number of hydrogen-bond acceptors (Lipinski definition) is 3. The molecule has 0 radical (unpaired) electrons. The molecule has 0 unspecified atom stereocenters. The first-order chi connectivity index (χ1) is 12.1. The van der Waals surface area contributed by atoms with E-state index < -0.39 is 11.7 Å². The molecule has 1 aliphatic rings. The molecule has 1 saturated heterocycles. The molecule has 1 amide bonds. The normalized spacial score (nSPS) is 13.9. The van der Waals surface area contributed by atoms with E-state index in [4.69, 9.17) is 11.6 Å². The molecule has 2 N–H and O–H groups in total. The maximum atomic E-state index is 13.9. The van der Waals surface area contributed by atoms with Crippen molar-refractivity contribution in [1.29, 1.82) is 0 Å². The average molecular weight is 435 g/mol. The molecule has 4 nitrogen and oxygen atoms in total. The summed E-state index contributed by atoms with van der Waals surface area (Å²) >= 11 is 5.96. The molecule has 1 aliphatic heterocycles. The summed E-state index contributed by atoms with van der Waals surface area (Å²) < 4.78 is 13.9. The van der Waals surface area contributed by atoms with E-state index in [9.17, 15) is 9.18 Å². The van der Waals surface area contributed by atoms with Gasteiger partial charge in [0.15, 0.2) is 0 Å². The number of nitrogens with zero attached hydrogens (tertiary/aromatic N) is 1. The zero-order chi connectivity index (χ0) is 17.8. The van der Waals surface area contributed by atoms with Gasteiger partial charge in [0.25, 0.3) is 5.91 Å². The monoisotopic (exact) mass is 433 g/mol. The molecule has 0 saturated carbocycles. The summed E-state index contributed by atoms with van der Waals surface area (Å²) in [6.45, 7) is 2.02. The van der Waals surface area contributed by atoms with Gasteiger partial charge in [0.1, 0.15) is 5.82 Å². The van der Waals surface area contributed by atoms with Gasteiger partial charge in [0, 0.05) is 24.5 Å². The van der Waals surface area contributed by atoms with Crippen LogP contribution in [0.4, 0.5) is 15.8 Å². The Morgan fingerprint density at radius 3 is 2.52 bits per heavy atom. The highest BCUT2D eigenvalue weighted by Gasteiger charge is 2.19. The minimum absolute atomic E-state index is 0. The quantitative estimate of drug-likeness (QED) is 0.729. The Balaban J connectivity index is 0.00000182. The van der Waals surface area contributed by atoms with Crippen LogP contribution in [0.25, 0.3) is 0 Å². The highest BCUT2D eigenvalue weighted by molar-refractivity contribution is 6.34. The van der Waals surface area contributed by atoms with Gasteiger partial charge in [0.2, 0.25) is 0 Å². The first-order valence-corrected chi connectivity index (χ1v) is 8.73. The molecule has 148 valence electrons. The Morgan fingerprint density at radius 1 is 1.19 bits per heavy atom. The molecule has 2 aromatic rings. The summed E-state index contributed by atoms with van der Waals surface area (Å²) in [6.07, 6.45) is 2.16. The number of carbonyl (C=O) groups is 1. The lowest BCUT2D eigenvalue weighted by molar-refractivity contribution is 0.102. The Kier molecular flexibility index (Phi) is 9.33. The molecule has 0 atom stereocenters. The van der Waals surface area contributed by atoms with Crippen LogP contribution in [0, 0.1) is 5.82 Å². The van der Waals surface area contributed by atoms with Crippen LogP contribution in [-0.2, 0) is 0 Å². The van der Waals surface area contributed by atoms with E-state index in [2.05, 4.69) is 22.6 Å². The number of halogens is 4. The molecule has 0 spiro atoms. The third kappa shape index (κ3) is 5.72. The van der Waals surface area contributed by atoms with Crippen molar-refractivity contribution in [3.63, 3.8) is 0 Å². The van der Waals surface area contributed by atoms with E-state index >= 15 is 0 Å². The number of carbonyl (C=O) groups excluding carboxylic acids is 1. The predicted molar refractivity (Wildman–Crippen MR) is 115 cm³/mol. The molecule has 3 rings (SSSR count). The Hall–Kier alpha value is -1.53. The number of hydrogen-bond donors (Lipinski definition) is 2. The Morgan fingerprint density at radius 2 is 1.85 bits per heavy atom. The van der Waals surface area contributed by atoms with Gasteiger partial charge < -0.3 is 15.5 Å². The van der Waals surface area contributed by atoms with E-state index in [1.165, 1.54) is 18.2 Å². The van der Waals surface area contributed by atoms with Crippen molar-refractivity contribution in [1.82, 2.24) is 5.32 Å². The first-order valence-electron chi connectivity index (χ1n) is 8.35. The summed E-state index contributed by atoms with van der Waals surface area (Å²) in [7, 11) is 2.06. The fraction of sp³-hybridized carbons (Fsp3) is 0.316. The van der Waals surface area contributed by atoms with Gasteiger partial charge in [0.05, 0.1) is 10.6 Å². The molecule has 8 heteroatoms. The second-order valence-electron chi connectivity index (χ2n) is 6.19. The van der Waals surface area contributed by atoms with Crippen LogP contribution in [0.1, 0.15) is 23.2 Å². The fourth-order valence-electron chi connectivity index (χ4n) is 3.12. The highest BCUT2D eigenvalue weighted by Crippen LogP contribution is 2.25. The van der Waals surface area contributed by atoms with Crippen LogP contribution < -0.4 is 15.5 Å². The largest absolute Gasteiger partial charge is 0.371 e. The van der Waals surface area contributed by atoms with Crippen molar-refractivity contribution in [2.75, 3.05) is 30.4 Å². The van der Waals surface area contributed by atoms with Crippen molar-refractivity contribution >= 4 is 53.7 Å². The average Bonchev–Trinajstić information content (AvgIpc) is 2.62. The van der Waals surface area contributed by atoms with Gasteiger partial charge >= 0.3 is 0 Å². The fourth-order valence-corrected chi connectivity index (χ4v) is 3.37. The number of rotatable bonds is 4. The van der Waals surface area contributed by atoms with Crippen molar-refractivity contribution in [3.8, 4) is 0 Å². The van der Waals surface area contributed by atoms with Gasteiger partial charge in [-0.25, -0.2) is 4.39 Å². The summed E-state index contributed by atoms with van der Waals surface area (Å²) in [5, 5.41) is 6.19. The van der Waals surface area contributed by atoms with Crippen LogP contribution in [0.3, 0.4) is 0 Å². The van der Waals surface area contributed by atoms with Crippen LogP contribution >= 0.6 is 36.4 Å². The molecule has 0 bridgehead atoms. The number of benzene rings is 2. The van der Waals surface area contributed by atoms with Crippen molar-refractivity contribution in [3.05, 3.63) is 58.9 Å². The molecule has 0 aliphatic carbocycles. The lowest BCUT2D eigenvalue weighted by Crippen LogP contribution is -2.41. The predicted octanol–water partition coefficient (Wildman–Crippen LogP) is 4.76. The highest BCUT2D eigenvalue weighted by atomic mass is 35.5. The zero-order valence-electron chi connectivity index (χ0n) is 14.9. The Bertz CT molecular complexity index is 749. The maximum Gasteiger partial charge on any atom is 0.260 e. The SMILES string of the molecule is CN(c1cccc(NC(=O)c2c(F)cccc2Cl)c1)C1CCNCC1.Cl.Cl. The van der Waals surface area contributed by atoms with Crippen molar-refractivity contribution in [2.45, 2.75) is 18.9 Å². The maximum absolute atomic E-state index is 13.9. The number of anilines is 2. The van der Waals surface area contributed by atoms with Gasteiger partial charge in [-0.3, -0.25) is 4.79 Å². The van der Waals surface area contributed by atoms with Crippen molar-refractivity contribution < 1.29 is 9.18 Å².